The molecule has 0 saturated carbocycles. The summed E-state index contributed by atoms with van der Waals surface area (Å²) in [7, 11) is 0. The molecular weight excluding hydrogens is 156 g/mol. The Morgan fingerprint density at radius 3 is 2.31 bits per heavy atom. The van der Waals surface area contributed by atoms with Gasteiger partial charge in [0.05, 0.1) is 0 Å². The predicted octanol–water partition coefficient (Wildman–Crippen LogP) is 4.81. The monoisotopic (exact) mass is 182 g/mol. The van der Waals surface area contributed by atoms with E-state index in [9.17, 15) is 0 Å². The molecule has 0 heterocycles. The van der Waals surface area contributed by atoms with Gasteiger partial charge in [0.25, 0.3) is 0 Å². The molecule has 13 heavy (non-hydrogen) atoms. The average molecular weight is 182 g/mol. The minimum absolute atomic E-state index is 0.756. The van der Waals surface area contributed by atoms with E-state index in [1.165, 1.54) is 32.1 Å². The van der Waals surface area contributed by atoms with E-state index in [0.717, 1.165) is 11.8 Å². The molecule has 2 unspecified atom stereocenters. The zero-order valence-electron chi connectivity index (χ0n) is 9.84. The van der Waals surface area contributed by atoms with Crippen molar-refractivity contribution in [1.29, 1.82) is 0 Å². The van der Waals surface area contributed by atoms with E-state index in [1.54, 1.807) is 0 Å². The number of rotatable bonds is 7. The maximum Gasteiger partial charge on any atom is -0.0236 e. The summed E-state index contributed by atoms with van der Waals surface area (Å²) in [5, 5.41) is 0. The van der Waals surface area contributed by atoms with Gasteiger partial charge in [-0.2, -0.15) is 0 Å². The highest BCUT2D eigenvalue weighted by Gasteiger charge is 2.07. The lowest BCUT2D eigenvalue weighted by molar-refractivity contribution is 0.406. The van der Waals surface area contributed by atoms with Crippen LogP contribution < -0.4 is 0 Å². The summed E-state index contributed by atoms with van der Waals surface area (Å²) < 4.78 is 0. The Hall–Kier alpha value is -0.260. The van der Waals surface area contributed by atoms with Crippen LogP contribution in [0.2, 0.25) is 0 Å². The molecule has 0 heteroatoms. The molecule has 0 spiro atoms. The summed E-state index contributed by atoms with van der Waals surface area (Å²) in [6.07, 6.45) is 11.5. The van der Waals surface area contributed by atoms with Gasteiger partial charge in [-0.3, -0.25) is 0 Å². The molecule has 0 nitrogen and oxygen atoms in total. The second-order valence-electron chi connectivity index (χ2n) is 4.21. The molecule has 0 rings (SSSR count). The first-order valence-electron chi connectivity index (χ1n) is 5.85. The minimum atomic E-state index is 0.756. The van der Waals surface area contributed by atoms with E-state index >= 15 is 0 Å². The van der Waals surface area contributed by atoms with Gasteiger partial charge in [-0.15, -0.1) is 0 Å². The Balaban J connectivity index is 3.43. The van der Waals surface area contributed by atoms with Crippen molar-refractivity contribution in [2.75, 3.05) is 0 Å². The Morgan fingerprint density at radius 1 is 1.08 bits per heavy atom. The van der Waals surface area contributed by atoms with Crippen molar-refractivity contribution in [3.05, 3.63) is 12.2 Å². The van der Waals surface area contributed by atoms with Gasteiger partial charge in [0.2, 0.25) is 0 Å². The quantitative estimate of drug-likeness (QED) is 0.392. The Kier molecular flexibility index (Phi) is 8.18. The fourth-order valence-corrected chi connectivity index (χ4v) is 1.65. The van der Waals surface area contributed by atoms with Crippen LogP contribution in [0.3, 0.4) is 0 Å². The maximum absolute atomic E-state index is 2.37. The predicted molar refractivity (Wildman–Crippen MR) is 61.9 cm³/mol. The summed E-state index contributed by atoms with van der Waals surface area (Å²) in [5.74, 6) is 1.61. The van der Waals surface area contributed by atoms with E-state index in [2.05, 4.69) is 39.8 Å². The molecule has 0 aliphatic rings. The summed E-state index contributed by atoms with van der Waals surface area (Å²) in [6.45, 7) is 9.08. The zero-order valence-corrected chi connectivity index (χ0v) is 9.84. The van der Waals surface area contributed by atoms with Crippen molar-refractivity contribution >= 4 is 0 Å². The van der Waals surface area contributed by atoms with E-state index in [4.69, 9.17) is 0 Å². The first-order valence-corrected chi connectivity index (χ1v) is 5.85. The van der Waals surface area contributed by atoms with Crippen molar-refractivity contribution < 1.29 is 0 Å². The Morgan fingerprint density at radius 2 is 1.77 bits per heavy atom. The smallest absolute Gasteiger partial charge is 0.0236 e. The standard InChI is InChI=1S/C13H26/c1-5-7-8-9-11-13(4)12(3)10-6-2/h6,10,12-13H,5,7-9,11H2,1-4H3/b10-6-. The van der Waals surface area contributed by atoms with Gasteiger partial charge < -0.3 is 0 Å². The van der Waals surface area contributed by atoms with Gasteiger partial charge in [0.1, 0.15) is 0 Å². The second-order valence-corrected chi connectivity index (χ2v) is 4.21. The Labute approximate surface area is 84.4 Å². The molecule has 78 valence electrons. The summed E-state index contributed by atoms with van der Waals surface area (Å²) in [4.78, 5) is 0. The van der Waals surface area contributed by atoms with Crippen LogP contribution >= 0.6 is 0 Å². The molecule has 0 amide bonds. The molecule has 0 aliphatic carbocycles. The van der Waals surface area contributed by atoms with Gasteiger partial charge in [-0.05, 0) is 18.8 Å². The lowest BCUT2D eigenvalue weighted by atomic mass is 9.90. The molecular formula is C13H26. The van der Waals surface area contributed by atoms with Crippen LogP contribution in [0.15, 0.2) is 12.2 Å². The van der Waals surface area contributed by atoms with Crippen LogP contribution in [0.25, 0.3) is 0 Å². The van der Waals surface area contributed by atoms with E-state index in [0.29, 0.717) is 0 Å². The fraction of sp³-hybridized carbons (Fsp3) is 0.846. The van der Waals surface area contributed by atoms with Crippen molar-refractivity contribution in [2.45, 2.75) is 59.8 Å². The molecule has 0 aliphatic heterocycles. The number of unbranched alkanes of at least 4 members (excludes halogenated alkanes) is 3. The number of hydrogen-bond acceptors (Lipinski definition) is 0. The molecule has 0 saturated heterocycles. The number of allylic oxidation sites excluding steroid dienone is 2. The summed E-state index contributed by atoms with van der Waals surface area (Å²) in [5.41, 5.74) is 0. The van der Waals surface area contributed by atoms with Gasteiger partial charge >= 0.3 is 0 Å². The SMILES string of the molecule is C/C=C\C(C)C(C)CCCCCC. The normalized spacial score (nSPS) is 16.3. The largest absolute Gasteiger partial charge is 0.0914 e. The van der Waals surface area contributed by atoms with Gasteiger partial charge in [0, 0.05) is 0 Å². The number of hydrogen-bond donors (Lipinski definition) is 0. The molecule has 2 atom stereocenters. The van der Waals surface area contributed by atoms with Crippen molar-refractivity contribution in [3.63, 3.8) is 0 Å². The highest BCUT2D eigenvalue weighted by Crippen LogP contribution is 2.19. The second kappa shape index (κ2) is 8.34. The van der Waals surface area contributed by atoms with Crippen LogP contribution in [0.4, 0.5) is 0 Å². The van der Waals surface area contributed by atoms with E-state index in [-0.39, 0.29) is 0 Å². The molecule has 0 aromatic heterocycles. The van der Waals surface area contributed by atoms with Crippen LogP contribution in [0, 0.1) is 11.8 Å². The summed E-state index contributed by atoms with van der Waals surface area (Å²) in [6, 6.07) is 0. The average Bonchev–Trinajstić information content (AvgIpc) is 2.12. The third kappa shape index (κ3) is 6.86. The molecule has 0 bridgehead atoms. The highest BCUT2D eigenvalue weighted by molar-refractivity contribution is 4.85. The van der Waals surface area contributed by atoms with Crippen molar-refractivity contribution in [1.82, 2.24) is 0 Å². The van der Waals surface area contributed by atoms with Crippen LogP contribution in [-0.2, 0) is 0 Å². The van der Waals surface area contributed by atoms with Crippen LogP contribution in [0.5, 0.6) is 0 Å². The first-order chi connectivity index (χ1) is 6.22. The van der Waals surface area contributed by atoms with E-state index in [1.807, 2.05) is 0 Å². The lowest BCUT2D eigenvalue weighted by Gasteiger charge is -2.15. The Bertz CT molecular complexity index is 124. The van der Waals surface area contributed by atoms with Gasteiger partial charge in [-0.1, -0.05) is 65.0 Å². The maximum atomic E-state index is 2.37. The molecule has 0 radical (unpaired) electrons. The lowest BCUT2D eigenvalue weighted by Crippen LogP contribution is -2.04. The van der Waals surface area contributed by atoms with Crippen molar-refractivity contribution in [2.24, 2.45) is 11.8 Å². The van der Waals surface area contributed by atoms with Gasteiger partial charge in [0.15, 0.2) is 0 Å². The molecule has 0 aromatic rings. The summed E-state index contributed by atoms with van der Waals surface area (Å²) >= 11 is 0. The minimum Gasteiger partial charge on any atom is -0.0914 e. The fourth-order valence-electron chi connectivity index (χ4n) is 1.65. The van der Waals surface area contributed by atoms with Crippen LogP contribution in [-0.4, -0.2) is 0 Å². The molecule has 0 aromatic carbocycles. The third-order valence-corrected chi connectivity index (χ3v) is 2.91. The van der Waals surface area contributed by atoms with Crippen LogP contribution in [0.1, 0.15) is 59.8 Å². The third-order valence-electron chi connectivity index (χ3n) is 2.91. The van der Waals surface area contributed by atoms with Crippen molar-refractivity contribution in [3.8, 4) is 0 Å². The molecule has 0 fully saturated rings. The van der Waals surface area contributed by atoms with E-state index < -0.39 is 0 Å². The highest BCUT2D eigenvalue weighted by atomic mass is 14.1. The molecule has 0 N–H and O–H groups in total. The van der Waals surface area contributed by atoms with Gasteiger partial charge in [-0.25, -0.2) is 0 Å². The first kappa shape index (κ1) is 12.7. The zero-order chi connectivity index (χ0) is 10.1. The topological polar surface area (TPSA) is 0 Å².